The Morgan fingerprint density at radius 2 is 2.06 bits per heavy atom. The summed E-state index contributed by atoms with van der Waals surface area (Å²) in [6.45, 7) is 0. The lowest BCUT2D eigenvalue weighted by Crippen LogP contribution is -2.43. The molecule has 1 aromatic rings. The van der Waals surface area contributed by atoms with Crippen LogP contribution >= 0.6 is 39.1 Å². The van der Waals surface area contributed by atoms with Crippen molar-refractivity contribution in [3.63, 3.8) is 0 Å². The van der Waals surface area contributed by atoms with Crippen LogP contribution in [0.3, 0.4) is 0 Å². The molecule has 1 aliphatic carbocycles. The first-order chi connectivity index (χ1) is 8.10. The van der Waals surface area contributed by atoms with E-state index in [1.165, 1.54) is 0 Å². The first kappa shape index (κ1) is 13.7. The van der Waals surface area contributed by atoms with Gasteiger partial charge in [0, 0.05) is 10.7 Å². The van der Waals surface area contributed by atoms with Gasteiger partial charge in [-0.05, 0) is 30.5 Å². The summed E-state index contributed by atoms with van der Waals surface area (Å²) in [5, 5.41) is 12.2. The molecule has 0 radical (unpaired) electrons. The van der Waals surface area contributed by atoms with Crippen LogP contribution in [0.4, 0.5) is 0 Å². The third-order valence-electron chi connectivity index (χ3n) is 3.72. The fourth-order valence-corrected chi connectivity index (χ4v) is 3.87. The minimum atomic E-state index is -0.312. The van der Waals surface area contributed by atoms with Crippen molar-refractivity contribution in [2.24, 2.45) is 0 Å². The molecule has 0 heterocycles. The summed E-state index contributed by atoms with van der Waals surface area (Å²) in [4.78, 5) is 0. The van der Waals surface area contributed by atoms with Gasteiger partial charge in [-0.25, -0.2) is 0 Å². The molecule has 2 atom stereocenters. The Hall–Kier alpha value is 0.240. The highest BCUT2D eigenvalue weighted by Gasteiger charge is 2.40. The Morgan fingerprint density at radius 1 is 1.29 bits per heavy atom. The lowest BCUT2D eigenvalue weighted by Gasteiger charge is -2.41. The third kappa shape index (κ3) is 2.51. The zero-order valence-electron chi connectivity index (χ0n) is 9.43. The average Bonchev–Trinajstić information content (AvgIpc) is 2.34. The maximum absolute atomic E-state index is 10.3. The Morgan fingerprint density at radius 3 is 2.65 bits per heavy atom. The van der Waals surface area contributed by atoms with E-state index in [0.717, 1.165) is 36.6 Å². The number of benzene rings is 1. The van der Waals surface area contributed by atoms with Crippen molar-refractivity contribution in [2.75, 3.05) is 5.33 Å². The van der Waals surface area contributed by atoms with Crippen LogP contribution in [0.5, 0.6) is 0 Å². The normalized spacial score (nSPS) is 29.3. The molecule has 4 heteroatoms. The molecule has 0 aromatic heterocycles. The minimum Gasteiger partial charge on any atom is -0.392 e. The largest absolute Gasteiger partial charge is 0.392 e. The molecular weight excluding hydrogens is 323 g/mol. The van der Waals surface area contributed by atoms with E-state index in [0.29, 0.717) is 10.0 Å². The molecule has 2 rings (SSSR count). The maximum Gasteiger partial charge on any atom is 0.0644 e. The molecule has 0 unspecified atom stereocenters. The molecule has 0 bridgehead atoms. The zero-order chi connectivity index (χ0) is 12.5. The molecule has 1 fully saturated rings. The predicted molar refractivity (Wildman–Crippen MR) is 76.4 cm³/mol. The number of alkyl halides is 1. The van der Waals surface area contributed by atoms with Gasteiger partial charge in [-0.1, -0.05) is 58.0 Å². The Bertz CT molecular complexity index is 410. The monoisotopic (exact) mass is 336 g/mol. The van der Waals surface area contributed by atoms with Crippen molar-refractivity contribution in [3.8, 4) is 0 Å². The molecule has 1 aromatic carbocycles. The summed E-state index contributed by atoms with van der Waals surface area (Å²) in [7, 11) is 0. The summed E-state index contributed by atoms with van der Waals surface area (Å²) in [6.07, 6.45) is 3.76. The van der Waals surface area contributed by atoms with Crippen LogP contribution in [0, 0.1) is 0 Å². The number of hydrogen-bond donors (Lipinski definition) is 1. The van der Waals surface area contributed by atoms with E-state index in [-0.39, 0.29) is 11.5 Å². The summed E-state index contributed by atoms with van der Waals surface area (Å²) < 4.78 is 0. The number of aliphatic hydroxyl groups is 1. The van der Waals surface area contributed by atoms with Crippen molar-refractivity contribution >= 4 is 39.1 Å². The predicted octanol–water partition coefficient (Wildman–Crippen LogP) is 4.56. The van der Waals surface area contributed by atoms with Gasteiger partial charge in [0.2, 0.25) is 0 Å². The van der Waals surface area contributed by atoms with E-state index >= 15 is 0 Å². The summed E-state index contributed by atoms with van der Waals surface area (Å²) in [6, 6.07) is 5.68. The van der Waals surface area contributed by atoms with E-state index in [1.807, 2.05) is 18.2 Å². The first-order valence-electron chi connectivity index (χ1n) is 5.80. The van der Waals surface area contributed by atoms with Crippen molar-refractivity contribution in [3.05, 3.63) is 33.8 Å². The average molecular weight is 338 g/mol. The molecular formula is C13H15BrCl2O. The number of hydrogen-bond acceptors (Lipinski definition) is 1. The highest BCUT2D eigenvalue weighted by Crippen LogP contribution is 2.42. The second-order valence-corrected chi connectivity index (χ2v) is 6.06. The van der Waals surface area contributed by atoms with Crippen LogP contribution in [-0.2, 0) is 5.41 Å². The zero-order valence-corrected chi connectivity index (χ0v) is 12.5. The topological polar surface area (TPSA) is 20.2 Å². The van der Waals surface area contributed by atoms with Gasteiger partial charge in [0.1, 0.15) is 0 Å². The van der Waals surface area contributed by atoms with Gasteiger partial charge < -0.3 is 5.11 Å². The quantitative estimate of drug-likeness (QED) is 0.784. The molecule has 1 N–H and O–H groups in total. The van der Waals surface area contributed by atoms with Crippen molar-refractivity contribution in [2.45, 2.75) is 37.2 Å². The SMILES string of the molecule is O[C@@H]1CCCC[C@]1(CBr)c1ccc(Cl)c(Cl)c1. The van der Waals surface area contributed by atoms with Crippen LogP contribution in [0.2, 0.25) is 10.0 Å². The number of rotatable bonds is 2. The van der Waals surface area contributed by atoms with E-state index < -0.39 is 0 Å². The van der Waals surface area contributed by atoms with Crippen LogP contribution in [0.15, 0.2) is 18.2 Å². The van der Waals surface area contributed by atoms with Crippen LogP contribution in [-0.4, -0.2) is 16.5 Å². The van der Waals surface area contributed by atoms with Crippen LogP contribution < -0.4 is 0 Å². The van der Waals surface area contributed by atoms with E-state index in [2.05, 4.69) is 15.9 Å². The molecule has 0 saturated heterocycles. The first-order valence-corrected chi connectivity index (χ1v) is 7.67. The fraction of sp³-hybridized carbons (Fsp3) is 0.538. The van der Waals surface area contributed by atoms with Gasteiger partial charge in [0.25, 0.3) is 0 Å². The van der Waals surface area contributed by atoms with Gasteiger partial charge in [-0.15, -0.1) is 0 Å². The second-order valence-electron chi connectivity index (χ2n) is 4.68. The summed E-state index contributed by atoms with van der Waals surface area (Å²) in [5.41, 5.74) is 0.864. The van der Waals surface area contributed by atoms with E-state index in [1.54, 1.807) is 0 Å². The highest BCUT2D eigenvalue weighted by molar-refractivity contribution is 9.09. The molecule has 1 saturated carbocycles. The lowest BCUT2D eigenvalue weighted by molar-refractivity contribution is 0.0555. The Balaban J connectivity index is 2.42. The van der Waals surface area contributed by atoms with Gasteiger partial charge in [-0.3, -0.25) is 0 Å². The lowest BCUT2D eigenvalue weighted by atomic mass is 9.69. The van der Waals surface area contributed by atoms with Crippen molar-refractivity contribution in [1.82, 2.24) is 0 Å². The van der Waals surface area contributed by atoms with Crippen molar-refractivity contribution in [1.29, 1.82) is 0 Å². The van der Waals surface area contributed by atoms with Crippen molar-refractivity contribution < 1.29 is 5.11 Å². The maximum atomic E-state index is 10.3. The Labute approximate surface area is 120 Å². The van der Waals surface area contributed by atoms with Crippen LogP contribution in [0.25, 0.3) is 0 Å². The molecule has 0 spiro atoms. The summed E-state index contributed by atoms with van der Waals surface area (Å²) >= 11 is 15.6. The molecule has 0 aliphatic heterocycles. The fourth-order valence-electron chi connectivity index (χ4n) is 2.60. The molecule has 94 valence electrons. The molecule has 1 nitrogen and oxygen atoms in total. The highest BCUT2D eigenvalue weighted by atomic mass is 79.9. The molecule has 0 amide bonds. The molecule has 17 heavy (non-hydrogen) atoms. The van der Waals surface area contributed by atoms with Gasteiger partial charge >= 0.3 is 0 Å². The molecule has 1 aliphatic rings. The number of halogens is 3. The third-order valence-corrected chi connectivity index (χ3v) is 5.46. The van der Waals surface area contributed by atoms with Gasteiger partial charge in [0.05, 0.1) is 16.1 Å². The van der Waals surface area contributed by atoms with E-state index in [9.17, 15) is 5.11 Å². The van der Waals surface area contributed by atoms with E-state index in [4.69, 9.17) is 23.2 Å². The summed E-state index contributed by atoms with van der Waals surface area (Å²) in [5.74, 6) is 0. The van der Waals surface area contributed by atoms with Gasteiger partial charge in [-0.2, -0.15) is 0 Å². The number of aliphatic hydroxyl groups excluding tert-OH is 1. The smallest absolute Gasteiger partial charge is 0.0644 e. The minimum absolute atomic E-state index is 0.216. The van der Waals surface area contributed by atoms with Crippen LogP contribution in [0.1, 0.15) is 31.2 Å². The second kappa shape index (κ2) is 5.48. The van der Waals surface area contributed by atoms with Gasteiger partial charge in [0.15, 0.2) is 0 Å². The Kier molecular flexibility index (Phi) is 4.40. The standard InChI is InChI=1S/C13H15BrCl2O/c14-8-13(6-2-1-3-12(13)17)9-4-5-10(15)11(16)7-9/h4-5,7,12,17H,1-3,6,8H2/t12-,13+/m1/s1.